The number of rotatable bonds is 0. The second kappa shape index (κ2) is 2.55. The normalized spacial score (nSPS) is 40.1. The van der Waals surface area contributed by atoms with Crippen LogP contribution in [0.3, 0.4) is 0 Å². The molecule has 2 nitrogen and oxygen atoms in total. The Hall–Kier alpha value is -0.0200. The molecule has 0 bridgehead atoms. The molecule has 2 atom stereocenters. The third-order valence-corrected chi connectivity index (χ3v) is 3.27. The Bertz CT molecular complexity index is 158. The molecule has 0 spiro atoms. The molecular formula is C7H12N2S. The molecule has 3 heteroatoms. The lowest BCUT2D eigenvalue weighted by Crippen LogP contribution is -2.40. The van der Waals surface area contributed by atoms with Crippen LogP contribution in [0.15, 0.2) is 4.99 Å². The van der Waals surface area contributed by atoms with Gasteiger partial charge in [0.05, 0.1) is 11.6 Å². The van der Waals surface area contributed by atoms with Crippen LogP contribution in [0.25, 0.3) is 0 Å². The third-order valence-electron chi connectivity index (χ3n) is 2.22. The number of nitrogens with zero attached hydrogens (tertiary/aromatic N) is 2. The minimum Gasteiger partial charge on any atom is -0.305 e. The molecular weight excluding hydrogens is 144 g/mol. The van der Waals surface area contributed by atoms with Crippen molar-refractivity contribution >= 4 is 17.3 Å². The van der Waals surface area contributed by atoms with Gasteiger partial charge in [-0.05, 0) is 20.0 Å². The second-order valence-electron chi connectivity index (χ2n) is 3.05. The standard InChI is InChI=1S/C7H12N2S/c1-9-3-2-6-7(4-9)10-5-8-6/h5-7H,2-4H2,1H3. The fourth-order valence-electron chi connectivity index (χ4n) is 1.55. The number of thioether (sulfide) groups is 1. The van der Waals surface area contributed by atoms with Crippen molar-refractivity contribution in [3.63, 3.8) is 0 Å². The summed E-state index contributed by atoms with van der Waals surface area (Å²) < 4.78 is 0. The highest BCUT2D eigenvalue weighted by atomic mass is 32.2. The van der Waals surface area contributed by atoms with Gasteiger partial charge < -0.3 is 4.90 Å². The van der Waals surface area contributed by atoms with Crippen LogP contribution in [-0.2, 0) is 0 Å². The van der Waals surface area contributed by atoms with Crippen LogP contribution in [0.1, 0.15) is 6.42 Å². The van der Waals surface area contributed by atoms with Gasteiger partial charge in [0.15, 0.2) is 0 Å². The molecule has 0 aromatic carbocycles. The zero-order chi connectivity index (χ0) is 6.97. The molecule has 2 aliphatic heterocycles. The third kappa shape index (κ3) is 1.08. The van der Waals surface area contributed by atoms with Gasteiger partial charge in [-0.3, -0.25) is 4.99 Å². The molecule has 10 heavy (non-hydrogen) atoms. The lowest BCUT2D eigenvalue weighted by molar-refractivity contribution is 0.266. The van der Waals surface area contributed by atoms with Gasteiger partial charge in [0.25, 0.3) is 0 Å². The van der Waals surface area contributed by atoms with Crippen molar-refractivity contribution in [3.05, 3.63) is 0 Å². The summed E-state index contributed by atoms with van der Waals surface area (Å²) in [5, 5.41) is 0.763. The number of aliphatic imine (C=N–C) groups is 1. The van der Waals surface area contributed by atoms with Crippen molar-refractivity contribution in [3.8, 4) is 0 Å². The highest BCUT2D eigenvalue weighted by Gasteiger charge is 2.29. The minimum absolute atomic E-state index is 0.640. The van der Waals surface area contributed by atoms with Crippen LogP contribution in [-0.4, -0.2) is 41.9 Å². The molecule has 0 saturated carbocycles. The first-order valence-corrected chi connectivity index (χ1v) is 4.66. The summed E-state index contributed by atoms with van der Waals surface area (Å²) >= 11 is 1.90. The van der Waals surface area contributed by atoms with Gasteiger partial charge in [-0.15, -0.1) is 11.8 Å². The Morgan fingerprint density at radius 2 is 2.60 bits per heavy atom. The molecule has 0 radical (unpaired) electrons. The quantitative estimate of drug-likeness (QED) is 0.516. The van der Waals surface area contributed by atoms with Crippen LogP contribution >= 0.6 is 11.8 Å². The van der Waals surface area contributed by atoms with E-state index < -0.39 is 0 Å². The van der Waals surface area contributed by atoms with E-state index >= 15 is 0 Å². The van der Waals surface area contributed by atoms with Crippen LogP contribution in [0.5, 0.6) is 0 Å². The van der Waals surface area contributed by atoms with Crippen LogP contribution in [0, 0.1) is 0 Å². The van der Waals surface area contributed by atoms with Gasteiger partial charge in [-0.1, -0.05) is 0 Å². The lowest BCUT2D eigenvalue weighted by Gasteiger charge is -2.30. The summed E-state index contributed by atoms with van der Waals surface area (Å²) in [5.41, 5.74) is 2.02. The fraction of sp³-hybridized carbons (Fsp3) is 0.857. The number of piperidine rings is 1. The Labute approximate surface area is 65.7 Å². The van der Waals surface area contributed by atoms with Gasteiger partial charge in [-0.2, -0.15) is 0 Å². The average Bonchev–Trinajstić information content (AvgIpc) is 2.33. The summed E-state index contributed by atoms with van der Waals surface area (Å²) in [7, 11) is 2.19. The highest BCUT2D eigenvalue weighted by molar-refractivity contribution is 8.13. The van der Waals surface area contributed by atoms with E-state index in [-0.39, 0.29) is 0 Å². The van der Waals surface area contributed by atoms with Crippen LogP contribution < -0.4 is 0 Å². The van der Waals surface area contributed by atoms with Crippen molar-refractivity contribution in [1.29, 1.82) is 0 Å². The molecule has 2 heterocycles. The Kier molecular flexibility index (Phi) is 1.70. The summed E-state index contributed by atoms with van der Waals surface area (Å²) in [6.45, 7) is 2.44. The largest absolute Gasteiger partial charge is 0.305 e. The highest BCUT2D eigenvalue weighted by Crippen LogP contribution is 2.28. The maximum absolute atomic E-state index is 4.40. The molecule has 0 aliphatic carbocycles. The van der Waals surface area contributed by atoms with Gasteiger partial charge >= 0.3 is 0 Å². The molecule has 56 valence electrons. The SMILES string of the molecule is CN1CCC2N=CSC2C1. The zero-order valence-corrected chi connectivity index (χ0v) is 6.97. The van der Waals surface area contributed by atoms with E-state index in [1.165, 1.54) is 19.5 Å². The van der Waals surface area contributed by atoms with Gasteiger partial charge in [0, 0.05) is 11.8 Å². The van der Waals surface area contributed by atoms with Gasteiger partial charge in [0.1, 0.15) is 0 Å². The van der Waals surface area contributed by atoms with Crippen molar-refractivity contribution in [1.82, 2.24) is 4.90 Å². The molecule has 1 fully saturated rings. The fourth-order valence-corrected chi connectivity index (χ4v) is 2.67. The first-order valence-electron chi connectivity index (χ1n) is 3.72. The van der Waals surface area contributed by atoms with E-state index in [9.17, 15) is 0 Å². The number of likely N-dealkylation sites (tertiary alicyclic amines) is 1. The maximum Gasteiger partial charge on any atom is 0.0652 e. The van der Waals surface area contributed by atoms with Crippen LogP contribution in [0.2, 0.25) is 0 Å². The summed E-state index contributed by atoms with van der Waals surface area (Å²) in [6.07, 6.45) is 1.25. The van der Waals surface area contributed by atoms with E-state index in [1.807, 2.05) is 17.3 Å². The van der Waals surface area contributed by atoms with Crippen molar-refractivity contribution in [2.45, 2.75) is 17.7 Å². The van der Waals surface area contributed by atoms with E-state index in [2.05, 4.69) is 16.9 Å². The molecule has 0 amide bonds. The molecule has 2 unspecified atom stereocenters. The van der Waals surface area contributed by atoms with E-state index in [1.54, 1.807) is 0 Å². The minimum atomic E-state index is 0.640. The average molecular weight is 156 g/mol. The summed E-state index contributed by atoms with van der Waals surface area (Å²) in [5.74, 6) is 0. The topological polar surface area (TPSA) is 15.6 Å². The van der Waals surface area contributed by atoms with Crippen molar-refractivity contribution < 1.29 is 0 Å². The summed E-state index contributed by atoms with van der Waals surface area (Å²) in [4.78, 5) is 6.80. The predicted octanol–water partition coefficient (Wildman–Crippen LogP) is 0.834. The first-order chi connectivity index (χ1) is 4.86. The Morgan fingerprint density at radius 3 is 3.50 bits per heavy atom. The molecule has 2 aliphatic rings. The van der Waals surface area contributed by atoms with E-state index in [4.69, 9.17) is 0 Å². The maximum atomic E-state index is 4.40. The number of hydrogen-bond donors (Lipinski definition) is 0. The first kappa shape index (κ1) is 6.68. The molecule has 0 N–H and O–H groups in total. The lowest BCUT2D eigenvalue weighted by atomic mass is 10.1. The monoisotopic (exact) mass is 156 g/mol. The molecule has 2 rings (SSSR count). The summed E-state index contributed by atoms with van der Waals surface area (Å²) in [6, 6.07) is 0.640. The molecule has 0 aromatic heterocycles. The Morgan fingerprint density at radius 1 is 1.70 bits per heavy atom. The molecule has 1 saturated heterocycles. The zero-order valence-electron chi connectivity index (χ0n) is 6.16. The number of hydrogen-bond acceptors (Lipinski definition) is 3. The second-order valence-corrected chi connectivity index (χ2v) is 4.14. The smallest absolute Gasteiger partial charge is 0.0652 e. The molecule has 0 aromatic rings. The van der Waals surface area contributed by atoms with Crippen molar-refractivity contribution in [2.75, 3.05) is 20.1 Å². The van der Waals surface area contributed by atoms with E-state index in [0.29, 0.717) is 6.04 Å². The Balaban J connectivity index is 2.01. The van der Waals surface area contributed by atoms with Crippen LogP contribution in [0.4, 0.5) is 0 Å². The van der Waals surface area contributed by atoms with Crippen molar-refractivity contribution in [2.24, 2.45) is 4.99 Å². The van der Waals surface area contributed by atoms with Gasteiger partial charge in [0.2, 0.25) is 0 Å². The number of fused-ring (bicyclic) bond motifs is 1. The predicted molar refractivity (Wildman–Crippen MR) is 45.8 cm³/mol. The van der Waals surface area contributed by atoms with Gasteiger partial charge in [-0.25, -0.2) is 0 Å². The van der Waals surface area contributed by atoms with E-state index in [0.717, 1.165) is 5.25 Å².